The summed E-state index contributed by atoms with van der Waals surface area (Å²) in [5, 5.41) is 8.71. The molecule has 0 saturated carbocycles. The maximum atomic E-state index is 12.5. The molecule has 24 heavy (non-hydrogen) atoms. The molecule has 1 aromatic rings. The third-order valence-electron chi connectivity index (χ3n) is 3.25. The van der Waals surface area contributed by atoms with Crippen LogP contribution in [0.4, 0.5) is 0 Å². The van der Waals surface area contributed by atoms with Crippen molar-refractivity contribution < 1.29 is 14.7 Å². The Kier molecular flexibility index (Phi) is 6.48. The van der Waals surface area contributed by atoms with E-state index in [1.165, 1.54) is 16.7 Å². The maximum Gasteiger partial charge on any atom is 0.303 e. The van der Waals surface area contributed by atoms with E-state index in [4.69, 9.17) is 17.3 Å². The summed E-state index contributed by atoms with van der Waals surface area (Å²) in [6, 6.07) is 10.0. The molecule has 0 radical (unpaired) electrons. The average molecular weight is 382 g/mol. The lowest BCUT2D eigenvalue weighted by Gasteiger charge is -2.20. The molecule has 1 fully saturated rings. The number of thiocarbonyl (C=S) groups is 1. The van der Waals surface area contributed by atoms with Crippen molar-refractivity contribution in [3.63, 3.8) is 0 Å². The highest BCUT2D eigenvalue weighted by Crippen LogP contribution is 2.39. The molecule has 0 atom stereocenters. The van der Waals surface area contributed by atoms with Crippen LogP contribution in [0.5, 0.6) is 0 Å². The molecule has 0 unspecified atom stereocenters. The van der Waals surface area contributed by atoms with Crippen molar-refractivity contribution in [2.45, 2.75) is 36.3 Å². The summed E-state index contributed by atoms with van der Waals surface area (Å²) >= 11 is 8.23. The number of rotatable bonds is 7. The van der Waals surface area contributed by atoms with Gasteiger partial charge in [0.2, 0.25) is 0 Å². The van der Waals surface area contributed by atoms with Crippen molar-refractivity contribution in [1.29, 1.82) is 0 Å². The van der Waals surface area contributed by atoms with Gasteiger partial charge in [0.25, 0.3) is 5.91 Å². The van der Waals surface area contributed by atoms with E-state index in [2.05, 4.69) is 13.8 Å². The highest BCUT2D eigenvalue weighted by atomic mass is 32.2. The zero-order valence-corrected chi connectivity index (χ0v) is 16.0. The predicted octanol–water partition coefficient (Wildman–Crippen LogP) is 4.17. The summed E-state index contributed by atoms with van der Waals surface area (Å²) in [5.74, 6) is -0.992. The highest BCUT2D eigenvalue weighted by Gasteiger charge is 2.33. The van der Waals surface area contributed by atoms with Gasteiger partial charge in [-0.3, -0.25) is 14.5 Å². The van der Waals surface area contributed by atoms with Crippen LogP contribution in [0.15, 0.2) is 46.2 Å². The molecule has 1 aliphatic rings. The Morgan fingerprint density at radius 2 is 2.04 bits per heavy atom. The number of hydrogen-bond donors (Lipinski definition) is 1. The summed E-state index contributed by atoms with van der Waals surface area (Å²) in [5.41, 5.74) is 0. The Morgan fingerprint density at radius 1 is 1.38 bits per heavy atom. The molecule has 1 amide bonds. The summed E-state index contributed by atoms with van der Waals surface area (Å²) < 4.78 is 0.239. The van der Waals surface area contributed by atoms with Gasteiger partial charge in [-0.05, 0) is 38.5 Å². The van der Waals surface area contributed by atoms with Crippen LogP contribution in [0, 0.1) is 0 Å². The van der Waals surface area contributed by atoms with Gasteiger partial charge in [0, 0.05) is 22.6 Å². The molecular formula is C17H19NO3S3. The van der Waals surface area contributed by atoms with Crippen molar-refractivity contribution in [3.8, 4) is 0 Å². The number of benzene rings is 1. The number of aliphatic carboxylic acids is 1. The van der Waals surface area contributed by atoms with Crippen LogP contribution in [0.25, 0.3) is 0 Å². The van der Waals surface area contributed by atoms with E-state index in [-0.39, 0.29) is 17.1 Å². The molecule has 0 aliphatic carbocycles. The number of thioether (sulfide) groups is 2. The fourth-order valence-corrected chi connectivity index (χ4v) is 4.84. The normalized spacial score (nSPS) is 16.9. The van der Waals surface area contributed by atoms with Crippen LogP contribution < -0.4 is 0 Å². The topological polar surface area (TPSA) is 57.6 Å². The molecule has 1 aliphatic heterocycles. The molecule has 2 rings (SSSR count). The first kappa shape index (κ1) is 19.0. The molecule has 0 spiro atoms. The largest absolute Gasteiger partial charge is 0.481 e. The first-order valence-corrected chi connectivity index (χ1v) is 9.55. The second-order valence-electron chi connectivity index (χ2n) is 5.85. The van der Waals surface area contributed by atoms with Crippen LogP contribution in [-0.4, -0.2) is 37.5 Å². The van der Waals surface area contributed by atoms with Crippen molar-refractivity contribution in [1.82, 2.24) is 4.90 Å². The fraction of sp³-hybridized carbons (Fsp3) is 0.353. The highest BCUT2D eigenvalue weighted by molar-refractivity contribution is 8.26. The summed E-state index contributed by atoms with van der Waals surface area (Å²) in [4.78, 5) is 26.4. The van der Waals surface area contributed by atoms with Crippen molar-refractivity contribution in [3.05, 3.63) is 41.3 Å². The summed E-state index contributed by atoms with van der Waals surface area (Å²) in [6.45, 7) is 4.46. The van der Waals surface area contributed by atoms with Crippen molar-refractivity contribution >= 4 is 51.9 Å². The zero-order chi connectivity index (χ0) is 17.7. The predicted molar refractivity (Wildman–Crippen MR) is 103 cm³/mol. The van der Waals surface area contributed by atoms with Gasteiger partial charge in [0.1, 0.15) is 4.32 Å². The van der Waals surface area contributed by atoms with Gasteiger partial charge in [0.05, 0.1) is 4.91 Å². The standard InChI is InChI=1S/C17H19NO3S3/c1-17(2,24-12-7-4-3-5-8-12)11-13-15(21)18(16(22)23-13)10-6-9-14(19)20/h3-5,7-8,11H,6,9-10H2,1-2H3,(H,19,20). The lowest BCUT2D eigenvalue weighted by molar-refractivity contribution is -0.137. The number of nitrogens with zero attached hydrogens (tertiary/aromatic N) is 1. The van der Waals surface area contributed by atoms with Crippen molar-refractivity contribution in [2.75, 3.05) is 6.54 Å². The Labute approximate surface area is 155 Å². The minimum Gasteiger partial charge on any atom is -0.481 e. The van der Waals surface area contributed by atoms with Gasteiger partial charge in [-0.25, -0.2) is 0 Å². The maximum absolute atomic E-state index is 12.5. The van der Waals surface area contributed by atoms with Crippen LogP contribution in [0.3, 0.4) is 0 Å². The van der Waals surface area contributed by atoms with Crippen molar-refractivity contribution in [2.24, 2.45) is 0 Å². The van der Waals surface area contributed by atoms with E-state index in [1.54, 1.807) is 11.8 Å². The van der Waals surface area contributed by atoms with Crippen LogP contribution >= 0.6 is 35.7 Å². The molecule has 0 bridgehead atoms. The molecule has 1 aromatic carbocycles. The first-order valence-electron chi connectivity index (χ1n) is 7.51. The third-order valence-corrected chi connectivity index (χ3v) is 5.78. The Hall–Kier alpha value is -1.31. The van der Waals surface area contributed by atoms with Gasteiger partial charge in [-0.15, -0.1) is 11.8 Å². The molecule has 1 heterocycles. The quantitative estimate of drug-likeness (QED) is 0.435. The van der Waals surface area contributed by atoms with Gasteiger partial charge in [0.15, 0.2) is 0 Å². The van der Waals surface area contributed by atoms with Gasteiger partial charge in [-0.2, -0.15) is 0 Å². The Bertz CT molecular complexity index is 671. The number of amides is 1. The lowest BCUT2D eigenvalue weighted by Crippen LogP contribution is -2.29. The van der Waals surface area contributed by atoms with E-state index in [9.17, 15) is 9.59 Å². The third kappa shape index (κ3) is 5.36. The van der Waals surface area contributed by atoms with E-state index in [0.29, 0.717) is 22.2 Å². The molecule has 1 N–H and O–H groups in total. The van der Waals surface area contributed by atoms with Crippen LogP contribution in [-0.2, 0) is 9.59 Å². The number of carbonyl (C=O) groups excluding carboxylic acids is 1. The minimum atomic E-state index is -0.864. The van der Waals surface area contributed by atoms with Gasteiger partial charge < -0.3 is 5.11 Å². The van der Waals surface area contributed by atoms with Gasteiger partial charge >= 0.3 is 5.97 Å². The Balaban J connectivity index is 2.05. The summed E-state index contributed by atoms with van der Waals surface area (Å²) in [6.07, 6.45) is 2.38. The van der Waals surface area contributed by atoms with Crippen LogP contribution in [0.2, 0.25) is 0 Å². The van der Waals surface area contributed by atoms with E-state index < -0.39 is 5.97 Å². The van der Waals surface area contributed by atoms with E-state index >= 15 is 0 Å². The fourth-order valence-electron chi connectivity index (χ4n) is 2.22. The number of carboxylic acids is 1. The molecule has 7 heteroatoms. The summed E-state index contributed by atoms with van der Waals surface area (Å²) in [7, 11) is 0. The van der Waals surface area contributed by atoms with E-state index in [0.717, 1.165) is 4.90 Å². The Morgan fingerprint density at radius 3 is 2.67 bits per heavy atom. The average Bonchev–Trinajstić information content (AvgIpc) is 2.74. The number of carbonyl (C=O) groups is 2. The number of carboxylic acid groups (broad SMARTS) is 1. The number of hydrogen-bond acceptors (Lipinski definition) is 5. The molecule has 0 aromatic heterocycles. The van der Waals surface area contributed by atoms with Crippen LogP contribution in [0.1, 0.15) is 26.7 Å². The minimum absolute atomic E-state index is 0.0332. The second kappa shape index (κ2) is 8.18. The van der Waals surface area contributed by atoms with E-state index in [1.807, 2.05) is 36.4 Å². The van der Waals surface area contributed by atoms with Gasteiger partial charge in [-0.1, -0.05) is 42.2 Å². The molecule has 4 nitrogen and oxygen atoms in total. The SMILES string of the molecule is CC(C)(C=C1SC(=S)N(CCCC(=O)O)C1=O)Sc1ccccc1. The zero-order valence-electron chi connectivity index (χ0n) is 13.5. The monoisotopic (exact) mass is 381 g/mol. The lowest BCUT2D eigenvalue weighted by atomic mass is 10.2. The smallest absolute Gasteiger partial charge is 0.303 e. The molecule has 1 saturated heterocycles. The first-order chi connectivity index (χ1) is 11.3. The second-order valence-corrected chi connectivity index (χ2v) is 9.25. The molecular weight excluding hydrogens is 362 g/mol. The molecule has 128 valence electrons.